The van der Waals surface area contributed by atoms with Crippen LogP contribution in [0.4, 0.5) is 0 Å². The minimum atomic E-state index is 0.580. The summed E-state index contributed by atoms with van der Waals surface area (Å²) in [5, 5.41) is 4.39. The Hall–Kier alpha value is -8.41. The fourth-order valence-electron chi connectivity index (χ4n) is 8.87. The van der Waals surface area contributed by atoms with Crippen LogP contribution in [0.25, 0.3) is 117 Å². The number of hydrogen-bond acceptors (Lipinski definition) is 4. The van der Waals surface area contributed by atoms with Gasteiger partial charge in [0.15, 0.2) is 17.5 Å². The maximum Gasteiger partial charge on any atom is 0.164 e. The molecule has 12 rings (SSSR count). The fraction of sp³-hybridized carbons (Fsp3) is 0. The van der Waals surface area contributed by atoms with Gasteiger partial charge in [-0.2, -0.15) is 0 Å². The first-order valence-electron chi connectivity index (χ1n) is 20.8. The highest BCUT2D eigenvalue weighted by molar-refractivity contribution is 6.14. The van der Waals surface area contributed by atoms with E-state index in [4.69, 9.17) is 19.4 Å². The van der Waals surface area contributed by atoms with Crippen LogP contribution in [0, 0.1) is 0 Å². The molecule has 0 aliphatic heterocycles. The Bertz CT molecular complexity index is 3610. The van der Waals surface area contributed by atoms with Gasteiger partial charge < -0.3 is 8.98 Å². The first-order chi connectivity index (χ1) is 30.7. The van der Waals surface area contributed by atoms with E-state index in [1.54, 1.807) is 0 Å². The van der Waals surface area contributed by atoms with E-state index in [2.05, 4.69) is 199 Å². The van der Waals surface area contributed by atoms with E-state index in [-0.39, 0.29) is 0 Å². The molecule has 62 heavy (non-hydrogen) atoms. The van der Waals surface area contributed by atoms with Crippen molar-refractivity contribution >= 4 is 43.7 Å². The van der Waals surface area contributed by atoms with Crippen molar-refractivity contribution in [2.75, 3.05) is 0 Å². The average molecular weight is 793 g/mol. The van der Waals surface area contributed by atoms with E-state index in [1.165, 1.54) is 21.8 Å². The summed E-state index contributed by atoms with van der Waals surface area (Å²) in [5.41, 5.74) is 14.5. The van der Waals surface area contributed by atoms with Gasteiger partial charge in [0.25, 0.3) is 0 Å². The third-order valence-electron chi connectivity index (χ3n) is 11.9. The summed E-state index contributed by atoms with van der Waals surface area (Å²) in [7, 11) is 0. The third kappa shape index (κ3) is 6.14. The second-order valence-corrected chi connectivity index (χ2v) is 15.6. The van der Waals surface area contributed by atoms with Crippen molar-refractivity contribution in [3.63, 3.8) is 0 Å². The van der Waals surface area contributed by atoms with Gasteiger partial charge in [-0.25, -0.2) is 15.0 Å². The molecule has 0 spiro atoms. The van der Waals surface area contributed by atoms with Crippen molar-refractivity contribution in [3.8, 4) is 73.2 Å². The quantitative estimate of drug-likeness (QED) is 0.161. The van der Waals surface area contributed by atoms with E-state index in [0.717, 1.165) is 77.7 Å². The summed E-state index contributed by atoms with van der Waals surface area (Å²) in [6.07, 6.45) is 0. The molecule has 0 saturated heterocycles. The fourth-order valence-corrected chi connectivity index (χ4v) is 8.87. The number of hydrogen-bond donors (Lipinski definition) is 0. The maximum atomic E-state index is 6.56. The molecule has 12 aromatic rings. The highest BCUT2D eigenvalue weighted by atomic mass is 16.3. The molecule has 0 radical (unpaired) electrons. The zero-order chi connectivity index (χ0) is 41.0. The molecular formula is C57H36N4O. The lowest BCUT2D eigenvalue weighted by Crippen LogP contribution is -2.00. The molecule has 0 bridgehead atoms. The first kappa shape index (κ1) is 35.5. The Kier molecular flexibility index (Phi) is 8.42. The van der Waals surface area contributed by atoms with Gasteiger partial charge in [-0.05, 0) is 88.0 Å². The smallest absolute Gasteiger partial charge is 0.164 e. The lowest BCUT2D eigenvalue weighted by Gasteiger charge is -2.11. The second-order valence-electron chi connectivity index (χ2n) is 15.6. The van der Waals surface area contributed by atoms with Crippen molar-refractivity contribution in [2.45, 2.75) is 0 Å². The lowest BCUT2D eigenvalue weighted by molar-refractivity contribution is 0.669. The van der Waals surface area contributed by atoms with Crippen LogP contribution >= 0.6 is 0 Å². The predicted molar refractivity (Wildman–Crippen MR) is 254 cm³/mol. The number of fused-ring (bicyclic) bond motifs is 6. The molecule has 0 aliphatic rings. The summed E-state index contributed by atoms with van der Waals surface area (Å²) >= 11 is 0. The number of rotatable bonds is 7. The largest absolute Gasteiger partial charge is 0.456 e. The van der Waals surface area contributed by atoms with E-state index in [9.17, 15) is 0 Å². The molecule has 0 atom stereocenters. The number of furan rings is 1. The van der Waals surface area contributed by atoms with Gasteiger partial charge in [0.05, 0.1) is 11.0 Å². The van der Waals surface area contributed by atoms with E-state index in [0.29, 0.717) is 17.5 Å². The molecule has 0 aliphatic carbocycles. The summed E-state index contributed by atoms with van der Waals surface area (Å²) < 4.78 is 8.91. The minimum Gasteiger partial charge on any atom is -0.456 e. The standard InChI is InChI=1S/C57H36N4O/c1-4-14-37(15-5-1)39-26-28-40(29-27-39)55-58-56(44-19-12-18-41(34-44)38-16-6-2-7-17-38)60-57(59-55)47-23-13-25-53-54(47)49-36-43(31-33-52(49)62-53)42-30-32-51-48(35-42)46-22-10-11-24-50(46)61(51)45-20-8-3-9-21-45/h1-36H. The van der Waals surface area contributed by atoms with Crippen molar-refractivity contribution in [1.29, 1.82) is 0 Å². The normalized spacial score (nSPS) is 11.5. The van der Waals surface area contributed by atoms with Crippen LogP contribution in [0.1, 0.15) is 0 Å². The van der Waals surface area contributed by atoms with Crippen molar-refractivity contribution in [1.82, 2.24) is 19.5 Å². The molecular weight excluding hydrogens is 757 g/mol. The van der Waals surface area contributed by atoms with E-state index in [1.807, 2.05) is 24.3 Å². The second kappa shape index (κ2) is 14.7. The first-order valence-corrected chi connectivity index (χ1v) is 20.8. The van der Waals surface area contributed by atoms with Crippen molar-refractivity contribution in [3.05, 3.63) is 218 Å². The Labute approximate surface area is 357 Å². The predicted octanol–water partition coefficient (Wildman–Crippen LogP) is 14.9. The molecule has 0 N–H and O–H groups in total. The average Bonchev–Trinajstić information content (AvgIpc) is 3.90. The minimum absolute atomic E-state index is 0.580. The monoisotopic (exact) mass is 792 g/mol. The summed E-state index contributed by atoms with van der Waals surface area (Å²) in [4.78, 5) is 15.6. The Morgan fingerprint density at radius 1 is 0.306 bits per heavy atom. The highest BCUT2D eigenvalue weighted by Crippen LogP contribution is 2.40. The summed E-state index contributed by atoms with van der Waals surface area (Å²) in [6, 6.07) is 76.3. The van der Waals surface area contributed by atoms with Crippen LogP contribution in [-0.2, 0) is 0 Å². The topological polar surface area (TPSA) is 56.7 Å². The lowest BCUT2D eigenvalue weighted by atomic mass is 9.99. The SMILES string of the molecule is c1ccc(-c2ccc(-c3nc(-c4cccc(-c5ccccc5)c4)nc(-c4cccc5oc6ccc(-c7ccc8c(c7)c7ccccc7n8-c7ccccc7)cc6c45)n3)cc2)cc1. The van der Waals surface area contributed by atoms with Crippen LogP contribution in [0.2, 0.25) is 0 Å². The van der Waals surface area contributed by atoms with Crippen LogP contribution in [-0.4, -0.2) is 19.5 Å². The Morgan fingerprint density at radius 2 is 0.823 bits per heavy atom. The molecule has 0 fully saturated rings. The van der Waals surface area contributed by atoms with Crippen LogP contribution in [0.5, 0.6) is 0 Å². The van der Waals surface area contributed by atoms with Gasteiger partial charge >= 0.3 is 0 Å². The van der Waals surface area contributed by atoms with Crippen LogP contribution < -0.4 is 0 Å². The zero-order valence-electron chi connectivity index (χ0n) is 33.5. The third-order valence-corrected chi connectivity index (χ3v) is 11.9. The molecule has 0 amide bonds. The Balaban J connectivity index is 1.02. The van der Waals surface area contributed by atoms with Gasteiger partial charge in [-0.3, -0.25) is 0 Å². The number of para-hydroxylation sites is 2. The number of benzene rings is 9. The molecule has 9 aromatic carbocycles. The molecule has 5 nitrogen and oxygen atoms in total. The van der Waals surface area contributed by atoms with E-state index >= 15 is 0 Å². The summed E-state index contributed by atoms with van der Waals surface area (Å²) in [5.74, 6) is 1.78. The molecule has 0 unspecified atom stereocenters. The van der Waals surface area contributed by atoms with E-state index < -0.39 is 0 Å². The van der Waals surface area contributed by atoms with Gasteiger partial charge in [0, 0.05) is 43.9 Å². The molecule has 3 aromatic heterocycles. The molecule has 3 heterocycles. The van der Waals surface area contributed by atoms with Crippen molar-refractivity contribution < 1.29 is 4.42 Å². The molecule has 290 valence electrons. The van der Waals surface area contributed by atoms with Gasteiger partial charge in [-0.15, -0.1) is 0 Å². The maximum absolute atomic E-state index is 6.56. The number of aromatic nitrogens is 4. The number of nitrogens with zero attached hydrogens (tertiary/aromatic N) is 4. The van der Waals surface area contributed by atoms with Crippen molar-refractivity contribution in [2.24, 2.45) is 0 Å². The highest BCUT2D eigenvalue weighted by Gasteiger charge is 2.20. The van der Waals surface area contributed by atoms with Gasteiger partial charge in [0.2, 0.25) is 0 Å². The van der Waals surface area contributed by atoms with Gasteiger partial charge in [0.1, 0.15) is 11.2 Å². The summed E-state index contributed by atoms with van der Waals surface area (Å²) in [6.45, 7) is 0. The van der Waals surface area contributed by atoms with Crippen LogP contribution in [0.15, 0.2) is 223 Å². The molecule has 0 saturated carbocycles. The van der Waals surface area contributed by atoms with Gasteiger partial charge in [-0.1, -0.05) is 164 Å². The Morgan fingerprint density at radius 3 is 1.60 bits per heavy atom. The zero-order valence-corrected chi connectivity index (χ0v) is 33.5. The molecule has 5 heteroatoms. The van der Waals surface area contributed by atoms with Crippen LogP contribution in [0.3, 0.4) is 0 Å².